The number of fused-ring (bicyclic) bond motifs is 4. The van der Waals surface area contributed by atoms with E-state index >= 15 is 0 Å². The Bertz CT molecular complexity index is 1490. The number of aryl methyl sites for hydroxylation is 3. The number of aliphatic imine (C=N–C) groups is 4. The van der Waals surface area contributed by atoms with Crippen LogP contribution in [0.1, 0.15) is 22.3 Å². The molecule has 5 aliphatic rings. The first-order valence-corrected chi connectivity index (χ1v) is 11.1. The van der Waals surface area contributed by atoms with E-state index in [1.807, 2.05) is 54.7 Å². The van der Waals surface area contributed by atoms with Gasteiger partial charge in [0.25, 0.3) is 0 Å². The third kappa shape index (κ3) is 4.09. The Kier molecular flexibility index (Phi) is 5.46. The average Bonchev–Trinajstić information content (AvgIpc) is 3.53. The quantitative estimate of drug-likeness (QED) is 0.460. The van der Waals surface area contributed by atoms with Crippen molar-refractivity contribution in [3.63, 3.8) is 0 Å². The van der Waals surface area contributed by atoms with E-state index in [4.69, 9.17) is 15.0 Å². The van der Waals surface area contributed by atoms with E-state index in [9.17, 15) is 0 Å². The lowest BCUT2D eigenvalue weighted by atomic mass is 9.92. The molecule has 1 aromatic rings. The van der Waals surface area contributed by atoms with Crippen LogP contribution in [0.3, 0.4) is 0 Å². The molecular formula is C29H23ClN4. The fourth-order valence-corrected chi connectivity index (χ4v) is 4.70. The molecule has 0 N–H and O–H groups in total. The Hall–Kier alpha value is -3.89. The third-order valence-corrected chi connectivity index (χ3v) is 5.99. The maximum atomic E-state index is 4.98. The molecule has 5 heteroatoms. The van der Waals surface area contributed by atoms with Gasteiger partial charge in [0.2, 0.25) is 0 Å². The van der Waals surface area contributed by atoms with Gasteiger partial charge in [0.1, 0.15) is 0 Å². The molecule has 0 saturated heterocycles. The predicted octanol–water partition coefficient (Wildman–Crippen LogP) is 6.45. The highest BCUT2D eigenvalue weighted by atomic mass is 35.5. The lowest BCUT2D eigenvalue weighted by molar-refractivity contribution is 1.28. The van der Waals surface area contributed by atoms with Crippen molar-refractivity contribution in [2.45, 2.75) is 20.8 Å². The second-order valence-corrected chi connectivity index (χ2v) is 8.72. The second kappa shape index (κ2) is 8.47. The highest BCUT2D eigenvalue weighted by Gasteiger charge is 2.21. The molecule has 0 spiro atoms. The molecule has 166 valence electrons. The normalized spacial score (nSPS) is 19.4. The number of hydrogen-bond acceptors (Lipinski definition) is 4. The van der Waals surface area contributed by atoms with Crippen LogP contribution in [0.15, 0.2) is 122 Å². The molecule has 0 saturated carbocycles. The van der Waals surface area contributed by atoms with Crippen molar-refractivity contribution in [2.24, 2.45) is 20.0 Å². The largest absolute Gasteiger partial charge is 0.249 e. The minimum absolute atomic E-state index is 0. The fraction of sp³-hybridized carbons (Fsp3) is 0.103. The SMILES string of the molecule is Cc1cc(C)c(C2=CC3=NC2=CC2=NC(=CC4=NC(=CC5=NC(=C3)C=C5)C=C4)C=C2)c(C)c1.Cl. The molecule has 0 amide bonds. The summed E-state index contributed by atoms with van der Waals surface area (Å²) in [5, 5.41) is 0. The number of hydrogen-bond donors (Lipinski definition) is 0. The maximum absolute atomic E-state index is 4.98. The molecule has 0 unspecified atom stereocenters. The Labute approximate surface area is 205 Å². The fourth-order valence-electron chi connectivity index (χ4n) is 4.70. The van der Waals surface area contributed by atoms with E-state index in [1.54, 1.807) is 0 Å². The van der Waals surface area contributed by atoms with Gasteiger partial charge in [-0.2, -0.15) is 0 Å². The lowest BCUT2D eigenvalue weighted by Gasteiger charge is -2.13. The summed E-state index contributed by atoms with van der Waals surface area (Å²) >= 11 is 0. The summed E-state index contributed by atoms with van der Waals surface area (Å²) in [7, 11) is 0. The molecular weight excluding hydrogens is 440 g/mol. The van der Waals surface area contributed by atoms with Crippen molar-refractivity contribution in [1.82, 2.24) is 0 Å². The van der Waals surface area contributed by atoms with Gasteiger partial charge < -0.3 is 0 Å². The Morgan fingerprint density at radius 1 is 0.500 bits per heavy atom. The van der Waals surface area contributed by atoms with Crippen LogP contribution in [-0.4, -0.2) is 22.8 Å². The first-order valence-electron chi connectivity index (χ1n) is 11.1. The molecule has 0 radical (unpaired) electrons. The van der Waals surface area contributed by atoms with Crippen molar-refractivity contribution in [1.29, 1.82) is 0 Å². The van der Waals surface area contributed by atoms with E-state index < -0.39 is 0 Å². The standard InChI is InChI=1S/C29H22N4.ClH/c1-17-10-18(2)29(19(3)11-17)27-15-26-14-24-7-6-22(31-24)12-20-4-5-21(30-20)13-23-8-9-25(32-23)16-28(27)33-26;/h4-16H,1-3H3;1H. The predicted molar refractivity (Wildman–Crippen MR) is 145 cm³/mol. The van der Waals surface area contributed by atoms with Gasteiger partial charge in [0.05, 0.1) is 45.6 Å². The van der Waals surface area contributed by atoms with E-state index in [1.165, 1.54) is 22.3 Å². The van der Waals surface area contributed by atoms with Crippen LogP contribution in [0.5, 0.6) is 0 Å². The van der Waals surface area contributed by atoms with Crippen molar-refractivity contribution < 1.29 is 0 Å². The van der Waals surface area contributed by atoms with Gasteiger partial charge >= 0.3 is 0 Å². The minimum Gasteiger partial charge on any atom is -0.249 e. The van der Waals surface area contributed by atoms with Crippen molar-refractivity contribution in [3.8, 4) is 0 Å². The first kappa shape index (κ1) is 21.9. The zero-order valence-electron chi connectivity index (χ0n) is 19.2. The molecule has 0 atom stereocenters. The van der Waals surface area contributed by atoms with Crippen LogP contribution in [-0.2, 0) is 0 Å². The van der Waals surface area contributed by atoms with Crippen LogP contribution in [0.2, 0.25) is 0 Å². The van der Waals surface area contributed by atoms with E-state index in [2.05, 4.69) is 50.0 Å². The van der Waals surface area contributed by atoms with Gasteiger partial charge in [0, 0.05) is 5.57 Å². The summed E-state index contributed by atoms with van der Waals surface area (Å²) in [6, 6.07) is 4.46. The molecule has 6 rings (SSSR count). The van der Waals surface area contributed by atoms with Crippen LogP contribution < -0.4 is 0 Å². The summed E-state index contributed by atoms with van der Waals surface area (Å²) in [6.45, 7) is 6.47. The molecule has 1 aromatic carbocycles. The lowest BCUT2D eigenvalue weighted by Crippen LogP contribution is -1.97. The second-order valence-electron chi connectivity index (χ2n) is 8.72. The van der Waals surface area contributed by atoms with Gasteiger partial charge in [-0.15, -0.1) is 12.4 Å². The molecule has 4 nitrogen and oxygen atoms in total. The zero-order valence-corrected chi connectivity index (χ0v) is 20.0. The van der Waals surface area contributed by atoms with Gasteiger partial charge in [-0.25, -0.2) is 20.0 Å². The first-order chi connectivity index (χ1) is 16.0. The van der Waals surface area contributed by atoms with E-state index in [-0.39, 0.29) is 12.4 Å². The maximum Gasteiger partial charge on any atom is 0.0737 e. The number of rotatable bonds is 1. The number of halogens is 1. The molecule has 8 bridgehead atoms. The number of nitrogens with zero attached hydrogens (tertiary/aromatic N) is 4. The highest BCUT2D eigenvalue weighted by molar-refractivity contribution is 6.19. The number of allylic oxidation sites excluding steroid dienone is 12. The van der Waals surface area contributed by atoms with E-state index in [0.717, 1.165) is 51.2 Å². The zero-order chi connectivity index (χ0) is 22.5. The average molecular weight is 463 g/mol. The van der Waals surface area contributed by atoms with Gasteiger partial charge in [-0.05, 0) is 104 Å². The summed E-state index contributed by atoms with van der Waals surface area (Å²) < 4.78 is 0. The molecule has 0 aromatic heterocycles. The smallest absolute Gasteiger partial charge is 0.0737 e. The Balaban J connectivity index is 0.00000241. The third-order valence-electron chi connectivity index (χ3n) is 5.99. The van der Waals surface area contributed by atoms with Crippen LogP contribution in [0.25, 0.3) is 5.57 Å². The molecule has 5 aliphatic heterocycles. The Morgan fingerprint density at radius 3 is 1.50 bits per heavy atom. The Morgan fingerprint density at radius 2 is 0.971 bits per heavy atom. The summed E-state index contributed by atoms with van der Waals surface area (Å²) in [5.74, 6) is 0. The van der Waals surface area contributed by atoms with E-state index in [0.29, 0.717) is 0 Å². The van der Waals surface area contributed by atoms with Gasteiger partial charge in [-0.1, -0.05) is 17.7 Å². The van der Waals surface area contributed by atoms with Gasteiger partial charge in [0.15, 0.2) is 0 Å². The van der Waals surface area contributed by atoms with Gasteiger partial charge in [-0.3, -0.25) is 0 Å². The minimum atomic E-state index is 0. The summed E-state index contributed by atoms with van der Waals surface area (Å²) in [5.41, 5.74) is 13.2. The molecule has 34 heavy (non-hydrogen) atoms. The summed E-state index contributed by atoms with van der Waals surface area (Å²) in [6.07, 6.45) is 22.3. The van der Waals surface area contributed by atoms with Crippen LogP contribution in [0.4, 0.5) is 0 Å². The topological polar surface area (TPSA) is 49.4 Å². The highest BCUT2D eigenvalue weighted by Crippen LogP contribution is 2.35. The summed E-state index contributed by atoms with van der Waals surface area (Å²) in [4.78, 5) is 19.2. The van der Waals surface area contributed by atoms with Crippen molar-refractivity contribution in [2.75, 3.05) is 0 Å². The number of benzene rings is 1. The molecule has 5 heterocycles. The van der Waals surface area contributed by atoms with Crippen molar-refractivity contribution in [3.05, 3.63) is 124 Å². The van der Waals surface area contributed by atoms with Crippen LogP contribution >= 0.6 is 12.4 Å². The molecule has 0 aliphatic carbocycles. The monoisotopic (exact) mass is 462 g/mol. The van der Waals surface area contributed by atoms with Crippen molar-refractivity contribution >= 4 is 40.8 Å². The molecule has 0 fully saturated rings. The van der Waals surface area contributed by atoms with Crippen LogP contribution in [0, 0.1) is 20.8 Å².